The Kier molecular flexibility index (Phi) is 27.9. The molecule has 10 rings (SSSR count). The number of rotatable bonds is 26. The number of alkyl carbamates (subject to hydrolysis) is 1. The average Bonchev–Trinajstić information content (AvgIpc) is 1.64. The van der Waals surface area contributed by atoms with Gasteiger partial charge in [0.1, 0.15) is 31.5 Å². The van der Waals surface area contributed by atoms with Crippen LogP contribution in [0.2, 0.25) is 0 Å². The van der Waals surface area contributed by atoms with E-state index in [4.69, 9.17) is 17.0 Å². The van der Waals surface area contributed by atoms with Gasteiger partial charge < -0.3 is 25.4 Å². The van der Waals surface area contributed by atoms with Crippen molar-refractivity contribution in [3.8, 4) is 0 Å². The number of hydrogen-bond acceptors (Lipinski definition) is 15. The van der Waals surface area contributed by atoms with Crippen molar-refractivity contribution < 1.29 is 39.2 Å². The summed E-state index contributed by atoms with van der Waals surface area (Å²) in [6.45, 7) is 8.73. The Balaban J connectivity index is 0.000000192. The molecule has 2 amide bonds. The predicted molar refractivity (Wildman–Crippen MR) is 399 cm³/mol. The third kappa shape index (κ3) is 21.1. The van der Waals surface area contributed by atoms with E-state index in [2.05, 4.69) is 191 Å². The zero-order chi connectivity index (χ0) is 67.7. The number of amides is 2. The summed E-state index contributed by atoms with van der Waals surface area (Å²) in [5.41, 5.74) is 7.60. The lowest BCUT2D eigenvalue weighted by atomic mass is 9.84. The number of carboxylic acid groups (broad SMARTS) is 1. The van der Waals surface area contributed by atoms with Crippen LogP contribution in [0, 0.1) is 0 Å². The first-order valence-electron chi connectivity index (χ1n) is 31.5. The molecule has 0 spiro atoms. The van der Waals surface area contributed by atoms with Crippen molar-refractivity contribution in [2.24, 2.45) is 4.99 Å². The highest BCUT2D eigenvalue weighted by Gasteiger charge is 2.41. The summed E-state index contributed by atoms with van der Waals surface area (Å²) in [7, 11) is 0. The van der Waals surface area contributed by atoms with E-state index in [0.717, 1.165) is 36.5 Å². The van der Waals surface area contributed by atoms with Crippen molar-refractivity contribution in [1.82, 2.24) is 15.2 Å². The fourth-order valence-corrected chi connectivity index (χ4v) is 17.1. The van der Waals surface area contributed by atoms with Crippen LogP contribution in [-0.2, 0) is 41.6 Å². The minimum atomic E-state index is -1.10. The van der Waals surface area contributed by atoms with E-state index in [-0.39, 0.29) is 46.6 Å². The molecule has 1 fully saturated rings. The number of allylic oxidation sites excluding steroid dienone is 2. The molecule has 4 N–H and O–H groups in total. The van der Waals surface area contributed by atoms with Gasteiger partial charge in [-0.25, -0.2) is 14.6 Å². The Morgan fingerprint density at radius 2 is 1.06 bits per heavy atom. The number of hydrogen-bond donors (Lipinski definition) is 4. The van der Waals surface area contributed by atoms with Crippen molar-refractivity contribution in [1.29, 1.82) is 0 Å². The van der Waals surface area contributed by atoms with Crippen molar-refractivity contribution in [3.63, 3.8) is 0 Å². The van der Waals surface area contributed by atoms with Gasteiger partial charge >= 0.3 is 12.1 Å². The van der Waals surface area contributed by atoms with Crippen molar-refractivity contribution in [3.05, 3.63) is 292 Å². The Morgan fingerprint density at radius 3 is 1.45 bits per heavy atom. The lowest BCUT2D eigenvalue weighted by Gasteiger charge is -2.35. The van der Waals surface area contributed by atoms with E-state index in [1.54, 1.807) is 56.5 Å². The largest absolute Gasteiger partial charge is 0.479 e. The lowest BCUT2D eigenvalue weighted by molar-refractivity contribution is -0.141. The van der Waals surface area contributed by atoms with Gasteiger partial charge in [-0.3, -0.25) is 19.5 Å². The van der Waals surface area contributed by atoms with Crippen LogP contribution in [0.5, 0.6) is 0 Å². The molecular weight excluding hydrogens is 1300 g/mol. The standard InChI is InChI=1S/C36H35NO2S3.C27H28O2S.C14H19N3O4S2/c38-33(26-34(39)37-32(27-41-35(37)40)25-28-15-5-1-6-16-28)23-13-14-24-42-36(29-17-7-2-8-18-29,30-19-9-3-10-20-30)31-21-11-4-12-22-31;1-22(28)21-26(29)19-11-12-20-30-27(23-13-5-2-6-14-23,24-15-7-3-8-16-24)25-17-9-4-10-18-25;1-13(2,3)21-12(20)15-5-9-16-8(6-22-9)10-17-14(4,7-23-10)11(18)19/h1-13,15-23,32-33,38H,14,24-27H2;2-11,13-19,26,29H,12,20-21H2,1H3;6H,5,7H2,1-4H3,(H,15,20)(H,18,19)/b23-13+;19-11+;/t32-,33-;26-;14-/m001/s1. The summed E-state index contributed by atoms with van der Waals surface area (Å²) < 4.78 is 5.06. The SMILES string of the molecule is CC(=O)C[C@@H](O)/C=C/CCSC(c1ccccc1)(c1ccccc1)c1ccccc1.CC(C)(C)OC(=O)NCc1nc(C2=N[C@@](C)(C(=O)O)CS2)cs1.O=C(C[C@@H](O)/C=C/CCSC(c1ccccc1)(c1ccccc1)c1ccccc1)N1C(=S)SC[C@@H]1Cc1ccccc1. The first-order valence-corrected chi connectivity index (χ1v) is 36.7. The molecule has 3 heterocycles. The van der Waals surface area contributed by atoms with Crippen LogP contribution in [0.3, 0.4) is 0 Å². The number of ketones is 1. The molecule has 2 aliphatic heterocycles. The molecule has 0 unspecified atom stereocenters. The summed E-state index contributed by atoms with van der Waals surface area (Å²) in [6.07, 6.45) is 7.95. The third-order valence-corrected chi connectivity index (χ3v) is 22.1. The molecule has 0 aliphatic carbocycles. The second-order valence-corrected chi connectivity index (χ2v) is 30.1. The molecule has 95 heavy (non-hydrogen) atoms. The molecule has 494 valence electrons. The van der Waals surface area contributed by atoms with Crippen molar-refractivity contribution in [2.75, 3.05) is 23.0 Å². The number of aliphatic carboxylic acids is 1. The highest BCUT2D eigenvalue weighted by Crippen LogP contribution is 2.50. The van der Waals surface area contributed by atoms with Crippen molar-refractivity contribution in [2.45, 2.75) is 112 Å². The molecule has 0 bridgehead atoms. The second-order valence-electron chi connectivity index (χ2n) is 23.9. The number of aliphatic hydroxyl groups is 2. The van der Waals surface area contributed by atoms with Gasteiger partial charge in [-0.2, -0.15) is 0 Å². The van der Waals surface area contributed by atoms with Crippen LogP contribution >= 0.6 is 70.6 Å². The van der Waals surface area contributed by atoms with E-state index in [1.807, 2.05) is 77.5 Å². The highest BCUT2D eigenvalue weighted by molar-refractivity contribution is 8.23. The fraction of sp³-hybridized carbons (Fsp3) is 0.286. The number of thiazole rings is 1. The Morgan fingerprint density at radius 1 is 0.653 bits per heavy atom. The Hall–Kier alpha value is -7.39. The summed E-state index contributed by atoms with van der Waals surface area (Å²) in [5.74, 6) is 1.83. The monoisotopic (exact) mass is 1380 g/mol. The van der Waals surface area contributed by atoms with Crippen LogP contribution in [0.1, 0.15) is 110 Å². The topological polar surface area (TPSA) is 179 Å². The van der Waals surface area contributed by atoms with Crippen LogP contribution in [0.4, 0.5) is 4.79 Å². The Bertz CT molecular complexity index is 3630. The molecule has 1 aromatic heterocycles. The molecule has 0 radical (unpaired) electrons. The summed E-state index contributed by atoms with van der Waals surface area (Å²) in [6, 6.07) is 74.0. The third-order valence-electron chi connectivity index (χ3n) is 15.3. The maximum absolute atomic E-state index is 13.2. The molecule has 1 saturated heterocycles. The number of thiocarbonyl (C=S) groups is 1. The molecular formula is C77H82N4O8S6. The molecule has 0 saturated carbocycles. The highest BCUT2D eigenvalue weighted by atomic mass is 32.2. The number of ether oxygens (including phenoxy) is 1. The van der Waals surface area contributed by atoms with Crippen LogP contribution < -0.4 is 5.32 Å². The molecule has 4 atom stereocenters. The van der Waals surface area contributed by atoms with Gasteiger partial charge in [0.25, 0.3) is 0 Å². The first-order chi connectivity index (χ1) is 45.8. The average molecular weight is 1380 g/mol. The number of Topliss-reactive ketones (excluding diaryl/α,β-unsaturated/α-hetero) is 1. The molecule has 8 aromatic rings. The molecule has 12 nitrogen and oxygen atoms in total. The summed E-state index contributed by atoms with van der Waals surface area (Å²) in [4.78, 5) is 57.5. The Labute approximate surface area is 585 Å². The smallest absolute Gasteiger partial charge is 0.408 e. The minimum absolute atomic E-state index is 0.00206. The maximum atomic E-state index is 13.2. The van der Waals surface area contributed by atoms with E-state index >= 15 is 0 Å². The molecule has 7 aromatic carbocycles. The summed E-state index contributed by atoms with van der Waals surface area (Å²) >= 11 is 13.6. The number of nitrogens with zero attached hydrogens (tertiary/aromatic N) is 3. The predicted octanol–water partition coefficient (Wildman–Crippen LogP) is 16.4. The second kappa shape index (κ2) is 36.1. The number of carbonyl (C=O) groups excluding carboxylic acids is 3. The van der Waals surface area contributed by atoms with Gasteiger partial charge in [0.2, 0.25) is 5.91 Å². The molecule has 2 aliphatic rings. The number of aromatic nitrogens is 1. The summed E-state index contributed by atoms with van der Waals surface area (Å²) in [5, 5.41) is 35.6. The maximum Gasteiger partial charge on any atom is 0.408 e. The number of nitrogens with one attached hydrogen (secondary N) is 1. The minimum Gasteiger partial charge on any atom is -0.479 e. The zero-order valence-electron chi connectivity index (χ0n) is 54.1. The van der Waals surface area contributed by atoms with Gasteiger partial charge in [-0.1, -0.05) is 261 Å². The van der Waals surface area contributed by atoms with Gasteiger partial charge in [0.05, 0.1) is 40.7 Å². The number of carbonyl (C=O) groups is 4. The van der Waals surface area contributed by atoms with E-state index in [0.29, 0.717) is 25.8 Å². The normalized spacial score (nSPS) is 16.2. The van der Waals surface area contributed by atoms with Gasteiger partial charge in [-0.05, 0) is 104 Å². The fourth-order valence-electron chi connectivity index (χ4n) is 10.8. The van der Waals surface area contributed by atoms with Crippen LogP contribution in [0.15, 0.2) is 247 Å². The number of aliphatic hydroxyl groups excluding tert-OH is 2. The van der Waals surface area contributed by atoms with E-state index in [1.165, 1.54) is 69.0 Å². The lowest BCUT2D eigenvalue weighted by Crippen LogP contribution is -2.41. The zero-order valence-corrected chi connectivity index (χ0v) is 59.0. The number of carboxylic acids is 1. The van der Waals surface area contributed by atoms with Gasteiger partial charge in [0.15, 0.2) is 5.54 Å². The van der Waals surface area contributed by atoms with E-state index in [9.17, 15) is 34.5 Å². The molecule has 18 heteroatoms. The van der Waals surface area contributed by atoms with Gasteiger partial charge in [0, 0.05) is 23.3 Å². The van der Waals surface area contributed by atoms with Crippen molar-refractivity contribution >= 4 is 104 Å². The number of thioether (sulfide) groups is 4. The number of aliphatic imine (C=N–C) groups is 1. The first kappa shape index (κ1) is 73.4. The van der Waals surface area contributed by atoms with Gasteiger partial charge in [-0.15, -0.1) is 46.6 Å². The number of benzene rings is 7. The van der Waals surface area contributed by atoms with Crippen LogP contribution in [0.25, 0.3) is 0 Å². The van der Waals surface area contributed by atoms with Crippen LogP contribution in [-0.4, -0.2) is 111 Å². The van der Waals surface area contributed by atoms with E-state index < -0.39 is 35.4 Å². The quantitative estimate of drug-likeness (QED) is 0.0174.